The first-order valence-corrected chi connectivity index (χ1v) is 7.50. The van der Waals surface area contributed by atoms with Gasteiger partial charge in [0.2, 0.25) is 0 Å². The van der Waals surface area contributed by atoms with Crippen LogP contribution in [0.3, 0.4) is 0 Å². The van der Waals surface area contributed by atoms with E-state index < -0.39 is 5.97 Å². The first-order valence-electron chi connectivity index (χ1n) is 6.13. The zero-order valence-corrected chi connectivity index (χ0v) is 12.3. The van der Waals surface area contributed by atoms with Gasteiger partial charge in [-0.3, -0.25) is 0 Å². The predicted octanol–water partition coefficient (Wildman–Crippen LogP) is 4.47. The third kappa shape index (κ3) is 3.04. The maximum atomic E-state index is 11.1. The highest BCUT2D eigenvalue weighted by Crippen LogP contribution is 2.28. The molecule has 3 aromatic rings. The number of rotatable bonds is 4. The molecule has 0 radical (unpaired) electrons. The highest BCUT2D eigenvalue weighted by atomic mass is 35.5. The van der Waals surface area contributed by atoms with Gasteiger partial charge in [0.25, 0.3) is 5.22 Å². The molecule has 0 saturated carbocycles. The lowest BCUT2D eigenvalue weighted by Gasteiger charge is -1.98. The van der Waals surface area contributed by atoms with Gasteiger partial charge >= 0.3 is 5.97 Å². The Balaban J connectivity index is 1.83. The van der Waals surface area contributed by atoms with Crippen LogP contribution in [0.4, 0.5) is 0 Å². The number of carboxylic acids is 1. The molecule has 4 nitrogen and oxygen atoms in total. The maximum absolute atomic E-state index is 11.1. The molecule has 0 unspecified atom stereocenters. The Morgan fingerprint density at radius 2 is 2.00 bits per heavy atom. The first-order chi connectivity index (χ1) is 10.1. The molecule has 6 heteroatoms. The number of para-hydroxylation sites is 1. The molecular formula is C15H10ClNO3S. The fraction of sp³-hybridized carbons (Fsp3) is 0.0667. The molecule has 3 rings (SSSR count). The van der Waals surface area contributed by atoms with Crippen LogP contribution in [-0.4, -0.2) is 16.1 Å². The first kappa shape index (κ1) is 14.0. The van der Waals surface area contributed by atoms with Gasteiger partial charge in [-0.25, -0.2) is 9.78 Å². The van der Waals surface area contributed by atoms with Gasteiger partial charge in [-0.1, -0.05) is 41.6 Å². The average molecular weight is 320 g/mol. The number of benzene rings is 2. The molecule has 0 spiro atoms. The van der Waals surface area contributed by atoms with E-state index in [-0.39, 0.29) is 5.56 Å². The molecule has 0 aliphatic carbocycles. The number of thioether (sulfide) groups is 1. The van der Waals surface area contributed by atoms with Crippen molar-refractivity contribution in [1.29, 1.82) is 0 Å². The summed E-state index contributed by atoms with van der Waals surface area (Å²) in [4.78, 5) is 15.4. The molecule has 0 fully saturated rings. The zero-order chi connectivity index (χ0) is 14.8. The Bertz CT molecular complexity index is 798. The monoisotopic (exact) mass is 319 g/mol. The van der Waals surface area contributed by atoms with Crippen molar-refractivity contribution < 1.29 is 14.3 Å². The summed E-state index contributed by atoms with van der Waals surface area (Å²) < 4.78 is 5.55. The summed E-state index contributed by atoms with van der Waals surface area (Å²) in [6, 6.07) is 12.4. The minimum atomic E-state index is -1.02. The summed E-state index contributed by atoms with van der Waals surface area (Å²) >= 11 is 7.25. The van der Waals surface area contributed by atoms with E-state index in [0.29, 0.717) is 27.1 Å². The van der Waals surface area contributed by atoms with Gasteiger partial charge in [0.1, 0.15) is 11.1 Å². The summed E-state index contributed by atoms with van der Waals surface area (Å²) in [5.41, 5.74) is 2.07. The van der Waals surface area contributed by atoms with Crippen LogP contribution < -0.4 is 0 Å². The van der Waals surface area contributed by atoms with E-state index >= 15 is 0 Å². The fourth-order valence-electron chi connectivity index (χ4n) is 1.88. The molecule has 0 aliphatic rings. The van der Waals surface area contributed by atoms with Crippen LogP contribution in [0.25, 0.3) is 11.1 Å². The third-order valence-corrected chi connectivity index (χ3v) is 4.05. The standard InChI is InChI=1S/C15H10ClNO3S/c16-10-6-4-9(5-7-10)8-21-15-17-12-3-1-2-11(14(18)19)13(12)20-15/h1-7H,8H2,(H,18,19). The number of halogens is 1. The van der Waals surface area contributed by atoms with Crippen LogP contribution in [0, 0.1) is 0 Å². The Morgan fingerprint density at radius 1 is 1.24 bits per heavy atom. The van der Waals surface area contributed by atoms with Crippen molar-refractivity contribution in [3.05, 3.63) is 58.6 Å². The van der Waals surface area contributed by atoms with Crippen LogP contribution in [0.5, 0.6) is 0 Å². The van der Waals surface area contributed by atoms with Crippen LogP contribution >= 0.6 is 23.4 Å². The van der Waals surface area contributed by atoms with E-state index in [0.717, 1.165) is 5.56 Å². The van der Waals surface area contributed by atoms with E-state index in [1.165, 1.54) is 17.8 Å². The molecule has 0 bridgehead atoms. The van der Waals surface area contributed by atoms with Gasteiger partial charge in [-0.15, -0.1) is 0 Å². The zero-order valence-electron chi connectivity index (χ0n) is 10.7. The summed E-state index contributed by atoms with van der Waals surface area (Å²) in [6.45, 7) is 0. The van der Waals surface area contributed by atoms with Crippen LogP contribution in [0.15, 0.2) is 52.1 Å². The van der Waals surface area contributed by atoms with Gasteiger partial charge in [-0.05, 0) is 29.8 Å². The molecule has 106 valence electrons. The SMILES string of the molecule is O=C(O)c1cccc2nc(SCc3ccc(Cl)cc3)oc12. The molecule has 0 saturated heterocycles. The largest absolute Gasteiger partial charge is 0.478 e. The predicted molar refractivity (Wildman–Crippen MR) is 82.0 cm³/mol. The van der Waals surface area contributed by atoms with Gasteiger partial charge in [0, 0.05) is 10.8 Å². The van der Waals surface area contributed by atoms with E-state index in [2.05, 4.69) is 4.98 Å². The Labute approximate surface area is 129 Å². The molecule has 1 heterocycles. The molecule has 0 aliphatic heterocycles. The van der Waals surface area contributed by atoms with E-state index in [4.69, 9.17) is 21.1 Å². The van der Waals surface area contributed by atoms with Crippen LogP contribution in [0.1, 0.15) is 15.9 Å². The lowest BCUT2D eigenvalue weighted by Crippen LogP contribution is -1.95. The lowest BCUT2D eigenvalue weighted by molar-refractivity contribution is 0.0697. The summed E-state index contributed by atoms with van der Waals surface area (Å²) in [7, 11) is 0. The van der Waals surface area contributed by atoms with Gasteiger partial charge in [0.05, 0.1) is 0 Å². The molecule has 1 N–H and O–H groups in total. The molecule has 0 atom stereocenters. The normalized spacial score (nSPS) is 10.9. The number of carboxylic acid groups (broad SMARTS) is 1. The van der Waals surface area contributed by atoms with Gasteiger partial charge in [-0.2, -0.15) is 0 Å². The number of carbonyl (C=O) groups is 1. The van der Waals surface area contributed by atoms with Crippen molar-refractivity contribution in [2.75, 3.05) is 0 Å². The molecule has 21 heavy (non-hydrogen) atoms. The molecule has 1 aromatic heterocycles. The third-order valence-electron chi connectivity index (χ3n) is 2.90. The number of hydrogen-bond donors (Lipinski definition) is 1. The number of fused-ring (bicyclic) bond motifs is 1. The molecule has 2 aromatic carbocycles. The summed E-state index contributed by atoms with van der Waals surface area (Å²) in [5.74, 6) is -0.349. The number of hydrogen-bond acceptors (Lipinski definition) is 4. The average Bonchev–Trinajstić information content (AvgIpc) is 2.89. The minimum absolute atomic E-state index is 0.123. The topological polar surface area (TPSA) is 63.3 Å². The fourth-order valence-corrected chi connectivity index (χ4v) is 2.80. The quantitative estimate of drug-likeness (QED) is 0.719. The Hall–Kier alpha value is -1.98. The van der Waals surface area contributed by atoms with Crippen molar-refractivity contribution >= 4 is 40.4 Å². The van der Waals surface area contributed by atoms with Crippen molar-refractivity contribution in [1.82, 2.24) is 4.98 Å². The number of aromatic nitrogens is 1. The molecule has 0 amide bonds. The maximum Gasteiger partial charge on any atom is 0.339 e. The minimum Gasteiger partial charge on any atom is -0.478 e. The van der Waals surface area contributed by atoms with Gasteiger partial charge in [0.15, 0.2) is 5.58 Å². The van der Waals surface area contributed by atoms with Crippen LogP contribution in [0.2, 0.25) is 5.02 Å². The Morgan fingerprint density at radius 3 is 2.71 bits per heavy atom. The van der Waals surface area contributed by atoms with E-state index in [1.807, 2.05) is 24.3 Å². The van der Waals surface area contributed by atoms with Crippen molar-refractivity contribution in [3.63, 3.8) is 0 Å². The summed E-state index contributed by atoms with van der Waals surface area (Å²) in [6.07, 6.45) is 0. The number of nitrogens with zero attached hydrogens (tertiary/aromatic N) is 1. The second-order valence-corrected chi connectivity index (χ2v) is 5.72. The van der Waals surface area contributed by atoms with Crippen molar-refractivity contribution in [3.8, 4) is 0 Å². The smallest absolute Gasteiger partial charge is 0.339 e. The summed E-state index contributed by atoms with van der Waals surface area (Å²) in [5, 5.41) is 10.3. The van der Waals surface area contributed by atoms with Crippen molar-refractivity contribution in [2.45, 2.75) is 11.0 Å². The molecular weight excluding hydrogens is 310 g/mol. The van der Waals surface area contributed by atoms with Gasteiger partial charge < -0.3 is 9.52 Å². The Kier molecular flexibility index (Phi) is 3.86. The number of oxazole rings is 1. The van der Waals surface area contributed by atoms with Crippen molar-refractivity contribution in [2.24, 2.45) is 0 Å². The number of aromatic carboxylic acids is 1. The van der Waals surface area contributed by atoms with E-state index in [1.54, 1.807) is 12.1 Å². The second kappa shape index (κ2) is 5.79. The second-order valence-electron chi connectivity index (χ2n) is 4.35. The lowest BCUT2D eigenvalue weighted by atomic mass is 10.2. The van der Waals surface area contributed by atoms with E-state index in [9.17, 15) is 4.79 Å². The van der Waals surface area contributed by atoms with Crippen LogP contribution in [-0.2, 0) is 5.75 Å². The highest BCUT2D eigenvalue weighted by Gasteiger charge is 2.14. The highest BCUT2D eigenvalue weighted by molar-refractivity contribution is 7.98.